The minimum absolute atomic E-state index is 0.0648. The monoisotopic (exact) mass is 364 g/mol. The van der Waals surface area contributed by atoms with Crippen LogP contribution in [0.25, 0.3) is 16.9 Å². The van der Waals surface area contributed by atoms with Crippen LogP contribution < -0.4 is 0 Å². The number of aliphatic carboxylic acids is 1. The number of halogens is 1. The summed E-state index contributed by atoms with van der Waals surface area (Å²) in [6, 6.07) is 13.6. The van der Waals surface area contributed by atoms with Crippen molar-refractivity contribution in [3.63, 3.8) is 0 Å². The summed E-state index contributed by atoms with van der Waals surface area (Å²) in [7, 11) is -5.58. The van der Waals surface area contributed by atoms with Crippen molar-refractivity contribution in [3.05, 3.63) is 60.4 Å². The average molecular weight is 364 g/mol. The molecule has 0 radical (unpaired) electrons. The van der Waals surface area contributed by atoms with Gasteiger partial charge in [0.05, 0.1) is 11.4 Å². The number of aromatic nitrogens is 2. The lowest BCUT2D eigenvalue weighted by Crippen LogP contribution is -2.36. The van der Waals surface area contributed by atoms with Crippen LogP contribution in [0.5, 0.6) is 0 Å². The fourth-order valence-electron chi connectivity index (χ4n) is 2.57. The fourth-order valence-corrected chi connectivity index (χ4v) is 3.17. The maximum absolute atomic E-state index is 14.8. The second kappa shape index (κ2) is 6.07. The topological polar surface area (TPSA) is 112 Å². The number of hydrogen-bond acceptors (Lipinski definition) is 3. The third kappa shape index (κ3) is 2.95. The van der Waals surface area contributed by atoms with Crippen LogP contribution in [0, 0.1) is 0 Å². The first-order chi connectivity index (χ1) is 11.7. The molecule has 2 heterocycles. The molecule has 1 atom stereocenters. The fraction of sp³-hybridized carbons (Fsp3) is 0.125. The van der Waals surface area contributed by atoms with E-state index in [2.05, 4.69) is 4.98 Å². The van der Waals surface area contributed by atoms with E-state index in [0.29, 0.717) is 11.2 Å². The molecule has 130 valence electrons. The van der Waals surface area contributed by atoms with Gasteiger partial charge >= 0.3 is 19.0 Å². The molecule has 0 spiro atoms. The Labute approximate surface area is 141 Å². The molecule has 7 nitrogen and oxygen atoms in total. The van der Waals surface area contributed by atoms with Gasteiger partial charge in [0.15, 0.2) is 0 Å². The number of hydrogen-bond donors (Lipinski definition) is 3. The molecule has 3 aromatic rings. The molecule has 3 N–H and O–H groups in total. The summed E-state index contributed by atoms with van der Waals surface area (Å²) in [5.41, 5.74) is 1.33. The standard InChI is InChI=1S/C16H14FN2O5P/c17-16(15(20)21,25(22,23)24)10-12-14(11-6-2-1-3-7-11)18-13-8-4-5-9-19(12)13/h1-9H,10H2,(H,20,21)(H2,22,23,24). The summed E-state index contributed by atoms with van der Waals surface area (Å²) in [4.78, 5) is 34.2. The first kappa shape index (κ1) is 17.3. The first-order valence-corrected chi connectivity index (χ1v) is 8.84. The summed E-state index contributed by atoms with van der Waals surface area (Å²) in [6.07, 6.45) is 0.508. The van der Waals surface area contributed by atoms with Gasteiger partial charge < -0.3 is 19.3 Å². The van der Waals surface area contributed by atoms with Crippen molar-refractivity contribution >= 4 is 19.2 Å². The van der Waals surface area contributed by atoms with Crippen LogP contribution in [0.1, 0.15) is 5.69 Å². The summed E-state index contributed by atoms with van der Waals surface area (Å²) < 4.78 is 27.7. The Morgan fingerprint density at radius 3 is 2.40 bits per heavy atom. The first-order valence-electron chi connectivity index (χ1n) is 7.23. The van der Waals surface area contributed by atoms with Crippen LogP contribution in [0.3, 0.4) is 0 Å². The Kier molecular flexibility index (Phi) is 4.20. The molecule has 0 aliphatic heterocycles. The number of pyridine rings is 1. The zero-order chi connectivity index (χ0) is 18.2. The predicted octanol–water partition coefficient (Wildman–Crippen LogP) is 2.47. The van der Waals surface area contributed by atoms with Crippen LogP contribution in [-0.4, -0.2) is 35.7 Å². The highest BCUT2D eigenvalue weighted by Crippen LogP contribution is 2.54. The molecule has 9 heteroatoms. The minimum atomic E-state index is -5.58. The van der Waals surface area contributed by atoms with Gasteiger partial charge in [-0.1, -0.05) is 36.4 Å². The third-order valence-corrected chi connectivity index (χ3v) is 5.14. The number of carboxylic acid groups (broad SMARTS) is 1. The van der Waals surface area contributed by atoms with E-state index >= 15 is 0 Å². The van der Waals surface area contributed by atoms with E-state index in [1.807, 2.05) is 0 Å². The molecular weight excluding hydrogens is 350 g/mol. The Bertz CT molecular complexity index is 985. The van der Waals surface area contributed by atoms with Crippen molar-refractivity contribution in [1.82, 2.24) is 9.38 Å². The number of fused-ring (bicyclic) bond motifs is 1. The van der Waals surface area contributed by atoms with E-state index in [4.69, 9.17) is 5.11 Å². The van der Waals surface area contributed by atoms with Crippen molar-refractivity contribution in [2.45, 2.75) is 11.8 Å². The van der Waals surface area contributed by atoms with E-state index in [9.17, 15) is 23.5 Å². The number of benzene rings is 1. The van der Waals surface area contributed by atoms with Gasteiger partial charge in [0, 0.05) is 18.2 Å². The highest BCUT2D eigenvalue weighted by molar-refractivity contribution is 7.54. The van der Waals surface area contributed by atoms with Gasteiger partial charge in [-0.15, -0.1) is 0 Å². The lowest BCUT2D eigenvalue weighted by molar-refractivity contribution is -0.146. The zero-order valence-corrected chi connectivity index (χ0v) is 13.7. The molecule has 0 saturated carbocycles. The molecule has 0 fully saturated rings. The molecule has 3 rings (SSSR count). The number of alkyl halides is 1. The third-order valence-electron chi connectivity index (χ3n) is 3.87. The van der Waals surface area contributed by atoms with Gasteiger partial charge in [0.25, 0.3) is 0 Å². The van der Waals surface area contributed by atoms with Crippen LogP contribution in [-0.2, 0) is 15.8 Å². The highest BCUT2D eigenvalue weighted by Gasteiger charge is 2.56. The van der Waals surface area contributed by atoms with Gasteiger partial charge in [0.1, 0.15) is 5.65 Å². The summed E-state index contributed by atoms with van der Waals surface area (Å²) in [6.45, 7) is 0. The number of rotatable bonds is 5. The maximum Gasteiger partial charge on any atom is 0.374 e. The Morgan fingerprint density at radius 1 is 1.16 bits per heavy atom. The molecule has 2 aromatic heterocycles. The van der Waals surface area contributed by atoms with Crippen molar-refractivity contribution in [2.24, 2.45) is 0 Å². The maximum atomic E-state index is 14.8. The molecule has 1 unspecified atom stereocenters. The molecular formula is C16H14FN2O5P. The van der Waals surface area contributed by atoms with Gasteiger partial charge in [-0.05, 0) is 12.1 Å². The van der Waals surface area contributed by atoms with E-state index < -0.39 is 25.4 Å². The van der Waals surface area contributed by atoms with Crippen LogP contribution in [0.15, 0.2) is 54.7 Å². The summed E-state index contributed by atoms with van der Waals surface area (Å²) in [5, 5.41) is 5.36. The minimum Gasteiger partial charge on any atom is -0.478 e. The molecule has 0 bridgehead atoms. The quantitative estimate of drug-likeness (QED) is 0.600. The highest BCUT2D eigenvalue weighted by atomic mass is 31.2. The van der Waals surface area contributed by atoms with Gasteiger partial charge in [-0.3, -0.25) is 4.57 Å². The van der Waals surface area contributed by atoms with E-state index in [1.165, 1.54) is 10.6 Å². The van der Waals surface area contributed by atoms with Crippen molar-refractivity contribution < 1.29 is 28.6 Å². The van der Waals surface area contributed by atoms with Crippen LogP contribution >= 0.6 is 7.60 Å². The average Bonchev–Trinajstić information content (AvgIpc) is 2.93. The smallest absolute Gasteiger partial charge is 0.374 e. The van der Waals surface area contributed by atoms with Gasteiger partial charge in [-0.25, -0.2) is 14.2 Å². The van der Waals surface area contributed by atoms with Crippen LogP contribution in [0.2, 0.25) is 0 Å². The lowest BCUT2D eigenvalue weighted by Gasteiger charge is -2.22. The largest absolute Gasteiger partial charge is 0.478 e. The van der Waals surface area contributed by atoms with E-state index in [-0.39, 0.29) is 11.4 Å². The van der Waals surface area contributed by atoms with Crippen molar-refractivity contribution in [2.75, 3.05) is 0 Å². The molecule has 0 amide bonds. The number of nitrogens with zero attached hydrogens (tertiary/aromatic N) is 2. The number of imidazole rings is 1. The zero-order valence-electron chi connectivity index (χ0n) is 12.8. The van der Waals surface area contributed by atoms with Crippen LogP contribution in [0.4, 0.5) is 4.39 Å². The number of carbonyl (C=O) groups is 1. The van der Waals surface area contributed by atoms with Crippen molar-refractivity contribution in [3.8, 4) is 11.3 Å². The number of carboxylic acids is 1. The molecule has 0 saturated heterocycles. The second-order valence-electron chi connectivity index (χ2n) is 5.49. The summed E-state index contributed by atoms with van der Waals surface area (Å²) in [5.74, 6) is -2.22. The Hall–Kier alpha value is -2.54. The molecule has 0 aliphatic carbocycles. The lowest BCUT2D eigenvalue weighted by atomic mass is 10.1. The Balaban J connectivity index is 2.24. The molecule has 0 aliphatic rings. The van der Waals surface area contributed by atoms with E-state index in [1.54, 1.807) is 48.5 Å². The normalized spacial score (nSPS) is 14.4. The molecule has 1 aromatic carbocycles. The second-order valence-corrected chi connectivity index (χ2v) is 7.28. The molecule has 25 heavy (non-hydrogen) atoms. The summed E-state index contributed by atoms with van der Waals surface area (Å²) >= 11 is 0. The predicted molar refractivity (Wildman–Crippen MR) is 87.9 cm³/mol. The SMILES string of the molecule is O=C(O)C(F)(Cc1c(-c2ccccc2)nc2ccccn12)P(=O)(O)O. The van der Waals surface area contributed by atoms with Gasteiger partial charge in [0.2, 0.25) is 0 Å². The van der Waals surface area contributed by atoms with Gasteiger partial charge in [-0.2, -0.15) is 0 Å². The van der Waals surface area contributed by atoms with Crippen molar-refractivity contribution in [1.29, 1.82) is 0 Å². The Morgan fingerprint density at radius 2 is 1.80 bits per heavy atom. The van der Waals surface area contributed by atoms with E-state index in [0.717, 1.165) is 0 Å².